The second kappa shape index (κ2) is 7.37. The van der Waals surface area contributed by atoms with E-state index in [1.54, 1.807) is 0 Å². The average Bonchev–Trinajstić information content (AvgIpc) is 2.34. The molecule has 2 aliphatic rings. The van der Waals surface area contributed by atoms with Gasteiger partial charge in [-0.25, -0.2) is 0 Å². The minimum absolute atomic E-state index is 0. The first-order chi connectivity index (χ1) is 4.88. The van der Waals surface area contributed by atoms with Crippen molar-refractivity contribution in [2.75, 3.05) is 0 Å². The molecule has 0 heterocycles. The van der Waals surface area contributed by atoms with Crippen molar-refractivity contribution in [2.45, 2.75) is 17.1 Å². The molecule has 0 amide bonds. The molecule has 3 atom stereocenters. The van der Waals surface area contributed by atoms with Gasteiger partial charge < -0.3 is 37.2 Å². The van der Waals surface area contributed by atoms with Crippen molar-refractivity contribution in [2.24, 2.45) is 11.8 Å². The zero-order valence-corrected chi connectivity index (χ0v) is 10.9. The quantitative estimate of drug-likeness (QED) is 0.385. The Balaban J connectivity index is 0. The summed E-state index contributed by atoms with van der Waals surface area (Å²) >= 11 is 2.37. The van der Waals surface area contributed by atoms with E-state index in [0.717, 1.165) is 16.1 Å². The Morgan fingerprint density at radius 2 is 1.54 bits per heavy atom. The first-order valence-electron chi connectivity index (χ1n) is 3.94. The van der Waals surface area contributed by atoms with Crippen LogP contribution in [-0.2, 0) is 20.4 Å². The van der Waals surface area contributed by atoms with Crippen LogP contribution in [0.4, 0.5) is 0 Å². The van der Waals surface area contributed by atoms with Crippen LogP contribution in [0.15, 0.2) is 24.3 Å². The summed E-state index contributed by atoms with van der Waals surface area (Å²) in [7, 11) is 0. The third-order valence-corrected chi connectivity index (χ3v) is 3.62. The van der Waals surface area contributed by atoms with Gasteiger partial charge in [-0.05, 0) is 0 Å². The number of hydrogen-bond acceptors (Lipinski definition) is 0. The Kier molecular flexibility index (Phi) is 9.35. The molecule has 0 aliphatic heterocycles. The predicted molar refractivity (Wildman–Crippen MR) is 38.2 cm³/mol. The summed E-state index contributed by atoms with van der Waals surface area (Å²) in [6.07, 6.45) is 12.0. The number of rotatable bonds is 0. The van der Waals surface area contributed by atoms with Crippen LogP contribution in [0.3, 0.4) is 0 Å². The van der Waals surface area contributed by atoms with Crippen LogP contribution in [0, 0.1) is 11.8 Å². The second-order valence-corrected chi connectivity index (χ2v) is 4.35. The van der Waals surface area contributed by atoms with Crippen LogP contribution in [0.5, 0.6) is 0 Å². The van der Waals surface area contributed by atoms with Crippen molar-refractivity contribution < 1.29 is 57.7 Å². The molecule has 0 N–H and O–H groups in total. The van der Waals surface area contributed by atoms with Gasteiger partial charge in [0.1, 0.15) is 0 Å². The first-order valence-corrected chi connectivity index (χ1v) is 4.84. The normalized spacial score (nSPS) is 33.8. The fraction of sp³-hybridized carbons (Fsp3) is 0.556. The van der Waals surface area contributed by atoms with Crippen LogP contribution >= 0.6 is 0 Å². The van der Waals surface area contributed by atoms with Crippen molar-refractivity contribution in [1.29, 1.82) is 0 Å². The van der Waals surface area contributed by atoms with Gasteiger partial charge in [0.25, 0.3) is 0 Å². The number of halogens is 3. The molecule has 0 spiro atoms. The number of allylic oxidation sites excluding steroid dienone is 4. The Morgan fingerprint density at radius 3 is 2.15 bits per heavy atom. The fourth-order valence-electron chi connectivity index (χ4n) is 1.96. The van der Waals surface area contributed by atoms with Crippen molar-refractivity contribution in [3.8, 4) is 0 Å². The van der Waals surface area contributed by atoms with Crippen LogP contribution in [0.1, 0.15) is 12.8 Å². The number of fused-ring (bicyclic) bond motifs is 1. The summed E-state index contributed by atoms with van der Waals surface area (Å²) in [4.78, 5) is 0. The second-order valence-electron chi connectivity index (χ2n) is 3.19. The van der Waals surface area contributed by atoms with Crippen LogP contribution < -0.4 is 37.2 Å². The molecule has 0 bridgehead atoms. The van der Waals surface area contributed by atoms with Crippen molar-refractivity contribution in [1.82, 2.24) is 0 Å². The van der Waals surface area contributed by atoms with E-state index in [1.165, 1.54) is 12.8 Å². The molecule has 0 radical (unpaired) electrons. The summed E-state index contributed by atoms with van der Waals surface area (Å²) in [6.45, 7) is 0. The molecule has 1 fully saturated rings. The van der Waals surface area contributed by atoms with E-state index in [9.17, 15) is 0 Å². The van der Waals surface area contributed by atoms with Gasteiger partial charge in [-0.15, -0.1) is 0 Å². The van der Waals surface area contributed by atoms with Gasteiger partial charge in [0, 0.05) is 0 Å². The van der Waals surface area contributed by atoms with Crippen LogP contribution in [-0.4, -0.2) is 0 Å². The standard InChI is InChI=1S/C9H11.3ClH.Ti/c1-2-5-9-7-3-6-8(9)4-1;;;;/h1-2,4-6,8-9H,3,7H2;3*1H;/q;;;;+3/p-3. The Labute approximate surface area is 110 Å². The molecule has 0 aromatic carbocycles. The molecule has 72 valence electrons. The Bertz CT molecular complexity index is 191. The van der Waals surface area contributed by atoms with E-state index in [-0.39, 0.29) is 37.2 Å². The third-order valence-electron chi connectivity index (χ3n) is 2.57. The topological polar surface area (TPSA) is 0 Å². The molecule has 2 aliphatic carbocycles. The van der Waals surface area contributed by atoms with E-state index in [1.807, 2.05) is 0 Å². The van der Waals surface area contributed by atoms with Gasteiger partial charge in [-0.3, -0.25) is 0 Å². The molecule has 3 unspecified atom stereocenters. The molecular formula is C9H11Cl3Ti. The predicted octanol–water partition coefficient (Wildman–Crippen LogP) is -6.51. The van der Waals surface area contributed by atoms with Gasteiger partial charge in [0.2, 0.25) is 0 Å². The van der Waals surface area contributed by atoms with Crippen LogP contribution in [0.25, 0.3) is 0 Å². The van der Waals surface area contributed by atoms with E-state index >= 15 is 0 Å². The minimum atomic E-state index is 0. The summed E-state index contributed by atoms with van der Waals surface area (Å²) in [5, 5.41) is 0. The zero-order chi connectivity index (χ0) is 6.97. The van der Waals surface area contributed by atoms with E-state index < -0.39 is 0 Å². The average molecular weight is 273 g/mol. The van der Waals surface area contributed by atoms with Gasteiger partial charge >= 0.3 is 73.6 Å². The van der Waals surface area contributed by atoms with Gasteiger partial charge in [0.15, 0.2) is 0 Å². The third kappa shape index (κ3) is 3.60. The molecular weight excluding hydrogens is 262 g/mol. The molecule has 0 nitrogen and oxygen atoms in total. The van der Waals surface area contributed by atoms with Gasteiger partial charge in [0.05, 0.1) is 0 Å². The fourth-order valence-corrected chi connectivity index (χ4v) is 2.78. The maximum atomic E-state index is 2.38. The Hall–Kier alpha value is 1.06. The van der Waals surface area contributed by atoms with Crippen molar-refractivity contribution in [3.63, 3.8) is 0 Å². The first kappa shape index (κ1) is 16.5. The van der Waals surface area contributed by atoms with E-state index in [4.69, 9.17) is 0 Å². The Morgan fingerprint density at radius 1 is 0.923 bits per heavy atom. The van der Waals surface area contributed by atoms with Crippen molar-refractivity contribution in [3.05, 3.63) is 24.3 Å². The zero-order valence-electron chi connectivity index (χ0n) is 7.09. The summed E-state index contributed by atoms with van der Waals surface area (Å²) in [5.41, 5.74) is 0. The van der Waals surface area contributed by atoms with E-state index in [0.29, 0.717) is 0 Å². The van der Waals surface area contributed by atoms with Gasteiger partial charge in [-0.2, -0.15) is 0 Å². The van der Waals surface area contributed by atoms with Crippen molar-refractivity contribution >= 4 is 0 Å². The molecule has 4 heteroatoms. The maximum absolute atomic E-state index is 2.38. The van der Waals surface area contributed by atoms with Crippen LogP contribution in [0.2, 0.25) is 4.22 Å². The monoisotopic (exact) mass is 272 g/mol. The summed E-state index contributed by atoms with van der Waals surface area (Å²) in [6, 6.07) is 0. The molecule has 2 rings (SSSR count). The summed E-state index contributed by atoms with van der Waals surface area (Å²) in [5.74, 6) is 1.74. The molecule has 13 heavy (non-hydrogen) atoms. The molecule has 0 aromatic rings. The SMILES string of the molecule is [Cl-].[Cl-].[Cl-].[Ti+3][CH]1CCC2C=CC=CC12. The molecule has 0 aromatic heterocycles. The molecule has 1 saturated carbocycles. The van der Waals surface area contributed by atoms with E-state index in [2.05, 4.69) is 44.7 Å². The van der Waals surface area contributed by atoms with Gasteiger partial charge in [-0.1, -0.05) is 0 Å². The number of hydrogen-bond donors (Lipinski definition) is 0. The molecule has 0 saturated heterocycles. The summed E-state index contributed by atoms with van der Waals surface area (Å²) < 4.78 is 0.922.